The molecule has 2 heterocycles. The number of hydrogen-bond acceptors (Lipinski definition) is 3. The number of piperidine rings is 1. The van der Waals surface area contributed by atoms with Crippen LogP contribution in [0, 0.1) is 5.92 Å². The highest BCUT2D eigenvalue weighted by molar-refractivity contribution is 5.81. The Balaban J connectivity index is 1.53. The monoisotopic (exact) mass is 293 g/mol. The number of carbonyl (C=O) groups is 1. The molecular weight excluding hydrogens is 262 g/mol. The largest absolute Gasteiger partial charge is 0.341 e. The fraction of sp³-hybridized carbons (Fsp3) is 0.941. The summed E-state index contributed by atoms with van der Waals surface area (Å²) in [6, 6.07) is 1.20. The van der Waals surface area contributed by atoms with E-state index in [0.29, 0.717) is 18.0 Å². The molecule has 0 aromatic rings. The van der Waals surface area contributed by atoms with Gasteiger partial charge in [-0.3, -0.25) is 4.79 Å². The average Bonchev–Trinajstić information content (AvgIpc) is 3.18. The fourth-order valence-corrected chi connectivity index (χ4v) is 4.53. The van der Waals surface area contributed by atoms with Gasteiger partial charge in [-0.2, -0.15) is 0 Å². The van der Waals surface area contributed by atoms with Crippen LogP contribution in [0.1, 0.15) is 58.3 Å². The zero-order valence-electron chi connectivity index (χ0n) is 13.4. The van der Waals surface area contributed by atoms with E-state index in [9.17, 15) is 4.79 Å². The van der Waals surface area contributed by atoms with E-state index >= 15 is 0 Å². The zero-order chi connectivity index (χ0) is 14.7. The minimum atomic E-state index is -0.0184. The van der Waals surface area contributed by atoms with Gasteiger partial charge < -0.3 is 15.5 Å². The van der Waals surface area contributed by atoms with E-state index in [-0.39, 0.29) is 6.04 Å². The average molecular weight is 293 g/mol. The summed E-state index contributed by atoms with van der Waals surface area (Å²) >= 11 is 0. The molecule has 1 aliphatic carbocycles. The molecule has 2 N–H and O–H groups in total. The van der Waals surface area contributed by atoms with Crippen molar-refractivity contribution in [3.8, 4) is 0 Å². The second-order valence-corrected chi connectivity index (χ2v) is 7.18. The van der Waals surface area contributed by atoms with Crippen LogP contribution in [0.5, 0.6) is 0 Å². The third-order valence-electron chi connectivity index (χ3n) is 5.69. The first-order valence-corrected chi connectivity index (χ1v) is 9.04. The predicted molar refractivity (Wildman–Crippen MR) is 85.2 cm³/mol. The molecule has 2 saturated heterocycles. The molecule has 3 fully saturated rings. The fourth-order valence-electron chi connectivity index (χ4n) is 4.53. The quantitative estimate of drug-likeness (QED) is 0.832. The second kappa shape index (κ2) is 7.10. The van der Waals surface area contributed by atoms with Crippen molar-refractivity contribution in [1.29, 1.82) is 0 Å². The molecule has 4 heteroatoms. The summed E-state index contributed by atoms with van der Waals surface area (Å²) in [5.74, 6) is 1.05. The van der Waals surface area contributed by atoms with Crippen molar-refractivity contribution >= 4 is 5.91 Å². The maximum Gasteiger partial charge on any atom is 0.239 e. The van der Waals surface area contributed by atoms with Crippen molar-refractivity contribution in [2.75, 3.05) is 19.6 Å². The van der Waals surface area contributed by atoms with Crippen LogP contribution in [0.15, 0.2) is 0 Å². The first-order chi connectivity index (χ1) is 10.3. The van der Waals surface area contributed by atoms with Crippen LogP contribution < -0.4 is 10.6 Å². The Morgan fingerprint density at radius 3 is 2.62 bits per heavy atom. The van der Waals surface area contributed by atoms with E-state index < -0.39 is 0 Å². The van der Waals surface area contributed by atoms with Crippen LogP contribution >= 0.6 is 0 Å². The normalized spacial score (nSPS) is 35.1. The Labute approximate surface area is 129 Å². The molecule has 120 valence electrons. The van der Waals surface area contributed by atoms with E-state index in [1.165, 1.54) is 57.9 Å². The standard InChI is InChI=1S/C17H31N3O/c1-13(17(21)20-11-3-2-4-12-20)19-16-8-5-7-14(16)15-9-6-10-18-15/h13-16,18-19H,2-12H2,1H3. The maximum atomic E-state index is 12.6. The van der Waals surface area contributed by atoms with E-state index in [0.717, 1.165) is 19.0 Å². The number of carbonyl (C=O) groups excluding carboxylic acids is 1. The van der Waals surface area contributed by atoms with Gasteiger partial charge in [-0.05, 0) is 64.3 Å². The topological polar surface area (TPSA) is 44.4 Å². The minimum absolute atomic E-state index is 0.0184. The third-order valence-corrected chi connectivity index (χ3v) is 5.69. The van der Waals surface area contributed by atoms with Gasteiger partial charge in [-0.15, -0.1) is 0 Å². The first kappa shape index (κ1) is 15.3. The van der Waals surface area contributed by atoms with Gasteiger partial charge in [-0.1, -0.05) is 6.42 Å². The SMILES string of the molecule is CC(NC1CCCC1C1CCCN1)C(=O)N1CCCCC1. The van der Waals surface area contributed by atoms with Crippen LogP contribution in [0.4, 0.5) is 0 Å². The summed E-state index contributed by atoms with van der Waals surface area (Å²) in [7, 11) is 0. The number of amides is 1. The lowest BCUT2D eigenvalue weighted by Crippen LogP contribution is -2.52. The molecule has 1 saturated carbocycles. The first-order valence-electron chi connectivity index (χ1n) is 9.04. The van der Waals surface area contributed by atoms with Gasteiger partial charge in [0.2, 0.25) is 5.91 Å². The molecule has 2 aliphatic heterocycles. The van der Waals surface area contributed by atoms with Gasteiger partial charge >= 0.3 is 0 Å². The second-order valence-electron chi connectivity index (χ2n) is 7.18. The molecule has 4 nitrogen and oxygen atoms in total. The Kier molecular flexibility index (Phi) is 5.17. The van der Waals surface area contributed by atoms with E-state index in [1.54, 1.807) is 0 Å². The molecule has 0 bridgehead atoms. The van der Waals surface area contributed by atoms with Crippen molar-refractivity contribution in [2.45, 2.75) is 76.4 Å². The molecule has 4 unspecified atom stereocenters. The molecule has 21 heavy (non-hydrogen) atoms. The molecule has 3 rings (SSSR count). The van der Waals surface area contributed by atoms with Gasteiger partial charge in [0.25, 0.3) is 0 Å². The molecule has 4 atom stereocenters. The number of hydrogen-bond donors (Lipinski definition) is 2. The number of likely N-dealkylation sites (tertiary alicyclic amines) is 1. The van der Waals surface area contributed by atoms with Gasteiger partial charge in [0.05, 0.1) is 6.04 Å². The number of rotatable bonds is 4. The van der Waals surface area contributed by atoms with Gasteiger partial charge in [0.15, 0.2) is 0 Å². The third kappa shape index (κ3) is 3.59. The van der Waals surface area contributed by atoms with Crippen LogP contribution in [-0.4, -0.2) is 48.6 Å². The Bertz CT molecular complexity index is 348. The molecule has 3 aliphatic rings. The molecule has 0 spiro atoms. The smallest absolute Gasteiger partial charge is 0.239 e. The highest BCUT2D eigenvalue weighted by Gasteiger charge is 2.36. The predicted octanol–water partition coefficient (Wildman–Crippen LogP) is 1.90. The molecular formula is C17H31N3O. The highest BCUT2D eigenvalue weighted by atomic mass is 16.2. The minimum Gasteiger partial charge on any atom is -0.341 e. The zero-order valence-corrected chi connectivity index (χ0v) is 13.4. The molecule has 1 amide bonds. The van der Waals surface area contributed by atoms with Crippen molar-refractivity contribution in [3.05, 3.63) is 0 Å². The summed E-state index contributed by atoms with van der Waals surface area (Å²) in [5.41, 5.74) is 0. The summed E-state index contributed by atoms with van der Waals surface area (Å²) in [6.07, 6.45) is 10.1. The van der Waals surface area contributed by atoms with Crippen molar-refractivity contribution in [1.82, 2.24) is 15.5 Å². The molecule has 0 radical (unpaired) electrons. The van der Waals surface area contributed by atoms with Crippen molar-refractivity contribution in [2.24, 2.45) is 5.92 Å². The van der Waals surface area contributed by atoms with Gasteiger partial charge in [-0.25, -0.2) is 0 Å². The lowest BCUT2D eigenvalue weighted by molar-refractivity contribution is -0.134. The Hall–Kier alpha value is -0.610. The lowest BCUT2D eigenvalue weighted by Gasteiger charge is -2.33. The maximum absolute atomic E-state index is 12.6. The highest BCUT2D eigenvalue weighted by Crippen LogP contribution is 2.32. The van der Waals surface area contributed by atoms with Crippen molar-refractivity contribution in [3.63, 3.8) is 0 Å². The van der Waals surface area contributed by atoms with Crippen LogP contribution in [0.3, 0.4) is 0 Å². The lowest BCUT2D eigenvalue weighted by atomic mass is 9.92. The van der Waals surface area contributed by atoms with Crippen LogP contribution in [-0.2, 0) is 4.79 Å². The van der Waals surface area contributed by atoms with Gasteiger partial charge in [0.1, 0.15) is 0 Å². The van der Waals surface area contributed by atoms with Crippen molar-refractivity contribution < 1.29 is 4.79 Å². The molecule has 0 aromatic heterocycles. The summed E-state index contributed by atoms with van der Waals surface area (Å²) in [6.45, 7) is 5.16. The summed E-state index contributed by atoms with van der Waals surface area (Å²) in [4.78, 5) is 14.6. The summed E-state index contributed by atoms with van der Waals surface area (Å²) in [5, 5.41) is 7.33. The van der Waals surface area contributed by atoms with E-state index in [2.05, 4.69) is 22.5 Å². The van der Waals surface area contributed by atoms with E-state index in [4.69, 9.17) is 0 Å². The summed E-state index contributed by atoms with van der Waals surface area (Å²) < 4.78 is 0. The number of nitrogens with one attached hydrogen (secondary N) is 2. The van der Waals surface area contributed by atoms with E-state index in [1.807, 2.05) is 0 Å². The Morgan fingerprint density at radius 2 is 1.90 bits per heavy atom. The Morgan fingerprint density at radius 1 is 1.10 bits per heavy atom. The van der Waals surface area contributed by atoms with Crippen LogP contribution in [0.25, 0.3) is 0 Å². The molecule has 0 aromatic carbocycles. The van der Waals surface area contributed by atoms with Crippen LogP contribution in [0.2, 0.25) is 0 Å². The van der Waals surface area contributed by atoms with Gasteiger partial charge in [0, 0.05) is 25.2 Å². The number of nitrogens with zero attached hydrogens (tertiary/aromatic N) is 1.